The number of hydrogen-bond donors (Lipinski definition) is 2. The third-order valence-electron chi connectivity index (χ3n) is 3.71. The number of benzene rings is 2. The smallest absolute Gasteiger partial charge is 0.276 e. The lowest BCUT2D eigenvalue weighted by Crippen LogP contribution is -2.20. The molecule has 2 aromatic carbocycles. The molecule has 2 aromatic rings. The number of ether oxygens (including phenoxy) is 2. The highest BCUT2D eigenvalue weighted by Crippen LogP contribution is 2.36. The van der Waals surface area contributed by atoms with E-state index in [0.29, 0.717) is 33.7 Å². The van der Waals surface area contributed by atoms with E-state index in [9.17, 15) is 13.2 Å². The number of sulfonamides is 1. The van der Waals surface area contributed by atoms with Gasteiger partial charge in [0, 0.05) is 0 Å². The van der Waals surface area contributed by atoms with Crippen LogP contribution < -0.4 is 20.0 Å². The van der Waals surface area contributed by atoms with E-state index in [-0.39, 0.29) is 11.5 Å². The van der Waals surface area contributed by atoms with Gasteiger partial charge in [-0.25, -0.2) is 4.83 Å². The molecule has 1 amide bonds. The molecule has 2 rings (SSSR count). The lowest BCUT2D eigenvalue weighted by molar-refractivity contribution is -0.119. The van der Waals surface area contributed by atoms with Crippen LogP contribution >= 0.6 is 15.9 Å². The predicted molar refractivity (Wildman–Crippen MR) is 114 cm³/mol. The molecule has 0 saturated heterocycles. The van der Waals surface area contributed by atoms with Gasteiger partial charge in [-0.2, -0.15) is 13.5 Å². The van der Waals surface area contributed by atoms with Crippen LogP contribution in [-0.4, -0.2) is 33.8 Å². The summed E-state index contributed by atoms with van der Waals surface area (Å²) in [5.74, 6) is 0.0616. The van der Waals surface area contributed by atoms with Crippen LogP contribution in [0.2, 0.25) is 0 Å². The Balaban J connectivity index is 2.25. The summed E-state index contributed by atoms with van der Waals surface area (Å²) in [5.41, 5.74) is 7.11. The van der Waals surface area contributed by atoms with Crippen molar-refractivity contribution in [2.45, 2.75) is 25.7 Å². The van der Waals surface area contributed by atoms with Gasteiger partial charge in [0.2, 0.25) is 0 Å². The van der Waals surface area contributed by atoms with Gasteiger partial charge in [-0.1, -0.05) is 12.1 Å². The summed E-state index contributed by atoms with van der Waals surface area (Å²) < 4.78 is 36.4. The van der Waals surface area contributed by atoms with Crippen LogP contribution in [0.25, 0.3) is 0 Å². The second-order valence-corrected chi connectivity index (χ2v) is 8.62. The number of rotatable bonds is 9. The first kappa shape index (κ1) is 22.7. The number of hydrazone groups is 1. The molecule has 3 N–H and O–H groups in total. The van der Waals surface area contributed by atoms with Gasteiger partial charge >= 0.3 is 0 Å². The van der Waals surface area contributed by atoms with E-state index in [4.69, 9.17) is 15.2 Å². The summed E-state index contributed by atoms with van der Waals surface area (Å²) in [5, 5.41) is 3.85. The van der Waals surface area contributed by atoms with Gasteiger partial charge in [-0.05, 0) is 71.6 Å². The van der Waals surface area contributed by atoms with Crippen molar-refractivity contribution in [2.75, 3.05) is 13.2 Å². The first-order valence-corrected chi connectivity index (χ1v) is 10.9. The first-order chi connectivity index (χ1) is 13.6. The fourth-order valence-electron chi connectivity index (χ4n) is 2.43. The molecule has 0 fully saturated rings. The molecule has 0 aliphatic rings. The Morgan fingerprint density at radius 3 is 2.62 bits per heavy atom. The number of carbonyl (C=O) groups is 1. The van der Waals surface area contributed by atoms with Crippen LogP contribution in [0.15, 0.2) is 44.8 Å². The molecule has 0 aliphatic carbocycles. The quantitative estimate of drug-likeness (QED) is 0.419. The van der Waals surface area contributed by atoms with Crippen LogP contribution in [-0.2, 0) is 14.8 Å². The number of primary amides is 1. The number of hydrogen-bond acceptors (Lipinski definition) is 6. The molecule has 0 aromatic heterocycles. The average Bonchev–Trinajstić information content (AvgIpc) is 2.63. The van der Waals surface area contributed by atoms with Crippen molar-refractivity contribution in [3.63, 3.8) is 0 Å². The van der Waals surface area contributed by atoms with Gasteiger partial charge in [0.25, 0.3) is 15.9 Å². The number of carbonyl (C=O) groups excluding carboxylic acids is 1. The van der Waals surface area contributed by atoms with Crippen LogP contribution in [0.3, 0.4) is 0 Å². The summed E-state index contributed by atoms with van der Waals surface area (Å²) in [6, 6.07) is 8.42. The second-order valence-electron chi connectivity index (χ2n) is 6.14. The molecular weight excluding hydrogens is 462 g/mol. The monoisotopic (exact) mass is 483 g/mol. The van der Waals surface area contributed by atoms with E-state index in [0.717, 1.165) is 5.56 Å². The summed E-state index contributed by atoms with van der Waals surface area (Å²) in [7, 11) is -3.81. The molecule has 0 bridgehead atoms. The molecule has 0 unspecified atom stereocenters. The van der Waals surface area contributed by atoms with Crippen LogP contribution in [0.1, 0.15) is 23.6 Å². The Hall–Kier alpha value is -2.59. The fourth-order valence-corrected chi connectivity index (χ4v) is 4.12. The molecule has 29 heavy (non-hydrogen) atoms. The van der Waals surface area contributed by atoms with Gasteiger partial charge in [0.05, 0.1) is 22.2 Å². The minimum absolute atomic E-state index is 0.168. The third-order valence-corrected chi connectivity index (χ3v) is 5.66. The van der Waals surface area contributed by atoms with E-state index < -0.39 is 15.9 Å². The Bertz CT molecular complexity index is 1040. The van der Waals surface area contributed by atoms with Crippen molar-refractivity contribution in [2.24, 2.45) is 10.8 Å². The summed E-state index contributed by atoms with van der Waals surface area (Å²) >= 11 is 3.35. The van der Waals surface area contributed by atoms with E-state index in [2.05, 4.69) is 25.9 Å². The zero-order valence-corrected chi connectivity index (χ0v) is 18.6. The van der Waals surface area contributed by atoms with Crippen LogP contribution in [0.5, 0.6) is 11.5 Å². The molecule has 0 heterocycles. The van der Waals surface area contributed by atoms with Crippen molar-refractivity contribution in [3.05, 3.63) is 51.5 Å². The second kappa shape index (κ2) is 9.75. The lowest BCUT2D eigenvalue weighted by Gasteiger charge is -2.13. The standard InChI is InChI=1S/C19H22BrN3O5S/c1-4-27-16-9-14(8-15(20)19(16)28-11-18(21)24)10-22-23-29(25,26)17-7-12(2)5-6-13(17)3/h5-10,23H,4,11H2,1-3H3,(H2,21,24)/b22-10-. The molecule has 0 spiro atoms. The highest BCUT2D eigenvalue weighted by Gasteiger charge is 2.16. The highest BCUT2D eigenvalue weighted by atomic mass is 79.9. The molecule has 10 heteroatoms. The van der Waals surface area contributed by atoms with E-state index >= 15 is 0 Å². The minimum atomic E-state index is -3.81. The number of amides is 1. The molecule has 0 atom stereocenters. The van der Waals surface area contributed by atoms with Crippen molar-refractivity contribution in [1.82, 2.24) is 4.83 Å². The van der Waals surface area contributed by atoms with Crippen molar-refractivity contribution in [1.29, 1.82) is 0 Å². The highest BCUT2D eigenvalue weighted by molar-refractivity contribution is 9.10. The zero-order valence-electron chi connectivity index (χ0n) is 16.2. The summed E-state index contributed by atoms with van der Waals surface area (Å²) in [6.07, 6.45) is 1.34. The molecular formula is C19H22BrN3O5S. The van der Waals surface area contributed by atoms with Gasteiger partial charge < -0.3 is 15.2 Å². The Labute approximate surface area is 178 Å². The SMILES string of the molecule is CCOc1cc(/C=N\NS(=O)(=O)c2cc(C)ccc2C)cc(Br)c1OCC(N)=O. The maximum Gasteiger partial charge on any atom is 0.276 e. The number of aryl methyl sites for hydroxylation is 2. The van der Waals surface area contributed by atoms with Crippen molar-refractivity contribution < 1.29 is 22.7 Å². The molecule has 0 saturated carbocycles. The largest absolute Gasteiger partial charge is 0.490 e. The number of nitrogens with zero attached hydrogens (tertiary/aromatic N) is 1. The fraction of sp³-hybridized carbons (Fsp3) is 0.263. The molecule has 0 aliphatic heterocycles. The van der Waals surface area contributed by atoms with E-state index in [1.54, 1.807) is 38.1 Å². The predicted octanol–water partition coefficient (Wildman–Crippen LogP) is 2.64. The third kappa shape index (κ3) is 6.20. The molecule has 156 valence electrons. The Morgan fingerprint density at radius 1 is 1.24 bits per heavy atom. The first-order valence-electron chi connectivity index (χ1n) is 8.63. The lowest BCUT2D eigenvalue weighted by atomic mass is 10.2. The molecule has 8 nitrogen and oxygen atoms in total. The van der Waals surface area contributed by atoms with Crippen molar-refractivity contribution >= 4 is 38.1 Å². The number of halogens is 1. The van der Waals surface area contributed by atoms with E-state index in [1.807, 2.05) is 13.0 Å². The van der Waals surface area contributed by atoms with Gasteiger partial charge in [-0.3, -0.25) is 4.79 Å². The zero-order chi connectivity index (χ0) is 21.6. The molecule has 0 radical (unpaired) electrons. The minimum Gasteiger partial charge on any atom is -0.490 e. The maximum absolute atomic E-state index is 12.5. The van der Waals surface area contributed by atoms with Gasteiger partial charge in [0.15, 0.2) is 18.1 Å². The number of nitrogens with two attached hydrogens (primary N) is 1. The van der Waals surface area contributed by atoms with Crippen molar-refractivity contribution in [3.8, 4) is 11.5 Å². The van der Waals surface area contributed by atoms with Gasteiger partial charge in [0.1, 0.15) is 0 Å². The topological polar surface area (TPSA) is 120 Å². The Kier molecular flexibility index (Phi) is 7.63. The number of nitrogens with one attached hydrogen (secondary N) is 1. The Morgan fingerprint density at radius 2 is 1.97 bits per heavy atom. The van der Waals surface area contributed by atoms with Gasteiger partial charge in [-0.15, -0.1) is 0 Å². The summed E-state index contributed by atoms with van der Waals surface area (Å²) in [4.78, 5) is 13.4. The van der Waals surface area contributed by atoms with E-state index in [1.165, 1.54) is 6.21 Å². The summed E-state index contributed by atoms with van der Waals surface area (Å²) in [6.45, 7) is 5.39. The maximum atomic E-state index is 12.5. The van der Waals surface area contributed by atoms with Crippen LogP contribution in [0, 0.1) is 13.8 Å². The normalized spacial score (nSPS) is 11.4. The van der Waals surface area contributed by atoms with Crippen LogP contribution in [0.4, 0.5) is 0 Å². The average molecular weight is 484 g/mol.